The van der Waals surface area contributed by atoms with E-state index in [9.17, 15) is 0 Å². The first-order valence-electron chi connectivity index (χ1n) is 11.3. The van der Waals surface area contributed by atoms with E-state index in [0.717, 1.165) is 37.8 Å². The lowest BCUT2D eigenvalue weighted by Gasteiger charge is -2.28. The molecule has 1 atom stereocenters. The quantitative estimate of drug-likeness (QED) is 0.458. The Morgan fingerprint density at radius 1 is 1.17 bits per heavy atom. The summed E-state index contributed by atoms with van der Waals surface area (Å²) in [7, 11) is 2.19. The van der Waals surface area contributed by atoms with Crippen molar-refractivity contribution in [3.8, 4) is 0 Å². The van der Waals surface area contributed by atoms with Gasteiger partial charge in [-0.2, -0.15) is 0 Å². The molecule has 1 heterocycles. The van der Waals surface area contributed by atoms with Gasteiger partial charge in [0.1, 0.15) is 0 Å². The van der Waals surface area contributed by atoms with Gasteiger partial charge in [0.05, 0.1) is 0 Å². The minimum Gasteiger partial charge on any atom is -0.370 e. The van der Waals surface area contributed by atoms with Crippen molar-refractivity contribution in [3.05, 3.63) is 100 Å². The van der Waals surface area contributed by atoms with Gasteiger partial charge in [-0.1, -0.05) is 69.0 Å². The maximum atomic E-state index is 4.56. The van der Waals surface area contributed by atoms with Crippen molar-refractivity contribution < 1.29 is 0 Å². The molecule has 0 radical (unpaired) electrons. The topological polar surface area (TPSA) is 3.24 Å². The second-order valence-electron chi connectivity index (χ2n) is 8.80. The molecule has 0 saturated carbocycles. The molecule has 1 aliphatic carbocycles. The molecule has 1 aliphatic heterocycles. The summed E-state index contributed by atoms with van der Waals surface area (Å²) in [6.07, 6.45) is 8.62. The molecular weight excluding hydrogens is 362 g/mol. The fraction of sp³-hybridized carbons (Fsp3) is 0.379. The molecule has 0 N–H and O–H groups in total. The zero-order chi connectivity index (χ0) is 22.0. The van der Waals surface area contributed by atoms with Crippen LogP contribution in [-0.2, 0) is 0 Å². The van der Waals surface area contributed by atoms with Gasteiger partial charge in [-0.05, 0) is 84.6 Å². The van der Waals surface area contributed by atoms with Crippen molar-refractivity contribution in [1.29, 1.82) is 0 Å². The van der Waals surface area contributed by atoms with Crippen LogP contribution >= 0.6 is 0 Å². The molecule has 1 nitrogen and oxygen atoms in total. The van der Waals surface area contributed by atoms with Crippen LogP contribution in [0.15, 0.2) is 83.7 Å². The summed E-state index contributed by atoms with van der Waals surface area (Å²) >= 11 is 0. The van der Waals surface area contributed by atoms with Gasteiger partial charge in [0.2, 0.25) is 0 Å². The maximum Gasteiger partial charge on any atom is 0.0440 e. The van der Waals surface area contributed by atoms with Crippen LogP contribution in [0, 0.1) is 19.8 Å². The molecule has 30 heavy (non-hydrogen) atoms. The van der Waals surface area contributed by atoms with Crippen LogP contribution in [0.3, 0.4) is 0 Å². The third-order valence-electron chi connectivity index (χ3n) is 6.82. The Labute approximate surface area is 183 Å². The van der Waals surface area contributed by atoms with E-state index in [2.05, 4.69) is 83.7 Å². The minimum atomic E-state index is 0.415. The molecule has 1 unspecified atom stereocenters. The smallest absolute Gasteiger partial charge is 0.0440 e. The molecule has 1 saturated heterocycles. The minimum absolute atomic E-state index is 0.415. The number of aryl methyl sites for hydroxylation is 2. The number of likely N-dealkylation sites (N-methyl/N-ethyl adjacent to an activating group) is 1. The van der Waals surface area contributed by atoms with Crippen molar-refractivity contribution in [1.82, 2.24) is 4.90 Å². The first-order chi connectivity index (χ1) is 14.3. The van der Waals surface area contributed by atoms with Gasteiger partial charge < -0.3 is 4.90 Å². The molecule has 2 aliphatic rings. The van der Waals surface area contributed by atoms with E-state index < -0.39 is 0 Å². The standard InChI is InChI=1S/C29H37N/c1-9-23-15-14-20(5)24(10-2)27(23)17-29-22(7)28(18-30(29)8)25(11-3)26-16-19(4)12-13-21(26)6/h9,12-13,16-17,24H,1,5,7,10-11,14-15,18H2,2-4,6,8H3/b28-25-,29-17-. The average Bonchev–Trinajstić information content (AvgIpc) is 2.99. The number of benzene rings is 1. The van der Waals surface area contributed by atoms with E-state index in [-0.39, 0.29) is 0 Å². The zero-order valence-electron chi connectivity index (χ0n) is 19.6. The third-order valence-corrected chi connectivity index (χ3v) is 6.82. The number of allylic oxidation sites excluding steroid dienone is 7. The van der Waals surface area contributed by atoms with Crippen molar-refractivity contribution in [2.45, 2.75) is 53.4 Å². The molecular formula is C29H37N. The van der Waals surface area contributed by atoms with Crippen molar-refractivity contribution >= 4 is 5.57 Å². The van der Waals surface area contributed by atoms with Crippen LogP contribution in [0.1, 0.15) is 56.2 Å². The summed E-state index contributed by atoms with van der Waals surface area (Å²) in [6, 6.07) is 6.76. The number of rotatable bonds is 5. The summed E-state index contributed by atoms with van der Waals surface area (Å²) in [5.41, 5.74) is 13.3. The molecule has 3 rings (SSSR count). The van der Waals surface area contributed by atoms with Crippen LogP contribution in [0.25, 0.3) is 5.57 Å². The van der Waals surface area contributed by atoms with E-state index in [1.807, 2.05) is 6.08 Å². The Bertz CT molecular complexity index is 980. The lowest BCUT2D eigenvalue weighted by Crippen LogP contribution is -2.16. The Morgan fingerprint density at radius 3 is 2.53 bits per heavy atom. The Kier molecular flexibility index (Phi) is 6.71. The molecule has 0 bridgehead atoms. The molecule has 1 fully saturated rings. The van der Waals surface area contributed by atoms with Gasteiger partial charge in [-0.25, -0.2) is 0 Å². The normalized spacial score (nSPS) is 22.9. The fourth-order valence-corrected chi connectivity index (χ4v) is 5.03. The zero-order valence-corrected chi connectivity index (χ0v) is 19.6. The van der Waals surface area contributed by atoms with Crippen LogP contribution in [0.4, 0.5) is 0 Å². The highest BCUT2D eigenvalue weighted by atomic mass is 15.1. The number of hydrogen-bond acceptors (Lipinski definition) is 1. The molecule has 1 aromatic carbocycles. The van der Waals surface area contributed by atoms with Gasteiger partial charge in [0.15, 0.2) is 0 Å². The summed E-state index contributed by atoms with van der Waals surface area (Å²) in [5.74, 6) is 0.415. The second-order valence-corrected chi connectivity index (χ2v) is 8.80. The van der Waals surface area contributed by atoms with Gasteiger partial charge in [-0.15, -0.1) is 0 Å². The van der Waals surface area contributed by atoms with Crippen LogP contribution in [0.2, 0.25) is 0 Å². The number of hydrogen-bond donors (Lipinski definition) is 0. The second kappa shape index (κ2) is 9.08. The van der Waals surface area contributed by atoms with E-state index in [0.29, 0.717) is 5.92 Å². The van der Waals surface area contributed by atoms with Crippen LogP contribution in [-0.4, -0.2) is 18.5 Å². The first kappa shape index (κ1) is 22.2. The summed E-state index contributed by atoms with van der Waals surface area (Å²) in [5, 5.41) is 0. The average molecular weight is 400 g/mol. The van der Waals surface area contributed by atoms with E-state index >= 15 is 0 Å². The number of nitrogens with zero attached hydrogens (tertiary/aromatic N) is 1. The highest BCUT2D eigenvalue weighted by molar-refractivity contribution is 5.78. The first-order valence-corrected chi connectivity index (χ1v) is 11.3. The Hall–Kier alpha value is -2.54. The largest absolute Gasteiger partial charge is 0.370 e. The summed E-state index contributed by atoms with van der Waals surface area (Å²) in [6.45, 7) is 22.8. The Morgan fingerprint density at radius 2 is 1.90 bits per heavy atom. The van der Waals surface area contributed by atoms with Crippen LogP contribution in [0.5, 0.6) is 0 Å². The molecule has 0 aromatic heterocycles. The molecule has 1 heteroatoms. The summed E-state index contributed by atoms with van der Waals surface area (Å²) < 4.78 is 0. The predicted octanol–water partition coefficient (Wildman–Crippen LogP) is 7.71. The monoisotopic (exact) mass is 399 g/mol. The summed E-state index contributed by atoms with van der Waals surface area (Å²) in [4.78, 5) is 2.36. The highest BCUT2D eigenvalue weighted by Crippen LogP contribution is 2.42. The molecule has 1 aromatic rings. The highest BCUT2D eigenvalue weighted by Gasteiger charge is 2.29. The lowest BCUT2D eigenvalue weighted by atomic mass is 9.77. The molecule has 158 valence electrons. The van der Waals surface area contributed by atoms with E-state index in [4.69, 9.17) is 0 Å². The van der Waals surface area contributed by atoms with Crippen molar-refractivity contribution in [3.63, 3.8) is 0 Å². The number of likely N-dealkylation sites (tertiary alicyclic amines) is 1. The fourth-order valence-electron chi connectivity index (χ4n) is 5.03. The molecule has 0 amide bonds. The van der Waals surface area contributed by atoms with E-state index in [1.54, 1.807) is 0 Å². The van der Waals surface area contributed by atoms with Crippen molar-refractivity contribution in [2.24, 2.45) is 5.92 Å². The van der Waals surface area contributed by atoms with Gasteiger partial charge in [-0.3, -0.25) is 0 Å². The van der Waals surface area contributed by atoms with Crippen LogP contribution < -0.4 is 0 Å². The van der Waals surface area contributed by atoms with Gasteiger partial charge in [0, 0.05) is 25.2 Å². The lowest BCUT2D eigenvalue weighted by molar-refractivity contribution is 0.499. The Balaban J connectivity index is 2.11. The van der Waals surface area contributed by atoms with Gasteiger partial charge >= 0.3 is 0 Å². The third kappa shape index (κ3) is 4.03. The van der Waals surface area contributed by atoms with Crippen molar-refractivity contribution in [2.75, 3.05) is 13.6 Å². The molecule has 0 spiro atoms. The predicted molar refractivity (Wildman–Crippen MR) is 132 cm³/mol. The SMILES string of the molecule is C=CC1=C(/C=C2/C(=C)/C(=C(/CC)c3cc(C)ccc3C)CN2C)C(CC)C(=C)CC1. The van der Waals surface area contributed by atoms with E-state index in [1.165, 1.54) is 50.3 Å². The maximum absolute atomic E-state index is 4.56. The van der Waals surface area contributed by atoms with Gasteiger partial charge in [0.25, 0.3) is 0 Å².